The van der Waals surface area contributed by atoms with Crippen LogP contribution in [0.15, 0.2) is 60.9 Å². The number of anilines is 3. The first-order valence-corrected chi connectivity index (χ1v) is 8.15. The van der Waals surface area contributed by atoms with Crippen LogP contribution in [0, 0.1) is 6.92 Å². The lowest BCUT2D eigenvalue weighted by molar-refractivity contribution is 0.102. The monoisotopic (exact) mass is 348 g/mol. The molecular weight excluding hydrogens is 328 g/mol. The number of hydrogen-bond acceptors (Lipinski definition) is 5. The van der Waals surface area contributed by atoms with Crippen molar-refractivity contribution < 1.29 is 9.53 Å². The van der Waals surface area contributed by atoms with Crippen LogP contribution in [0.3, 0.4) is 0 Å². The quantitative estimate of drug-likeness (QED) is 0.759. The first-order chi connectivity index (χ1) is 12.6. The zero-order valence-corrected chi connectivity index (χ0v) is 14.9. The van der Waals surface area contributed by atoms with E-state index in [4.69, 9.17) is 4.74 Å². The van der Waals surface area contributed by atoms with E-state index in [-0.39, 0.29) is 11.6 Å². The normalized spacial score (nSPS) is 10.3. The van der Waals surface area contributed by atoms with Crippen LogP contribution in [0.5, 0.6) is 5.75 Å². The number of ether oxygens (including phenoxy) is 1. The number of nitrogens with zero attached hydrogens (tertiary/aromatic N) is 3. The van der Waals surface area contributed by atoms with Gasteiger partial charge in [0.05, 0.1) is 25.2 Å². The molecule has 1 heterocycles. The molecular formula is C20H20N4O2. The summed E-state index contributed by atoms with van der Waals surface area (Å²) in [7, 11) is 3.46. The van der Waals surface area contributed by atoms with Gasteiger partial charge in [-0.3, -0.25) is 4.79 Å². The van der Waals surface area contributed by atoms with E-state index in [9.17, 15) is 4.79 Å². The molecule has 0 aliphatic rings. The molecule has 1 N–H and O–H groups in total. The number of aromatic nitrogens is 2. The van der Waals surface area contributed by atoms with Crippen LogP contribution in [0.2, 0.25) is 0 Å². The Balaban J connectivity index is 1.76. The summed E-state index contributed by atoms with van der Waals surface area (Å²) < 4.78 is 5.28. The Morgan fingerprint density at radius 2 is 1.85 bits per heavy atom. The van der Waals surface area contributed by atoms with Crippen molar-refractivity contribution in [3.05, 3.63) is 72.2 Å². The lowest BCUT2D eigenvalue weighted by Gasteiger charge is -2.17. The van der Waals surface area contributed by atoms with Crippen LogP contribution in [0.4, 0.5) is 17.2 Å². The van der Waals surface area contributed by atoms with Gasteiger partial charge >= 0.3 is 0 Å². The van der Waals surface area contributed by atoms with Crippen LogP contribution in [-0.2, 0) is 0 Å². The fourth-order valence-corrected chi connectivity index (χ4v) is 2.50. The molecule has 0 saturated heterocycles. The van der Waals surface area contributed by atoms with Crippen molar-refractivity contribution in [1.82, 2.24) is 9.97 Å². The summed E-state index contributed by atoms with van der Waals surface area (Å²) in [4.78, 5) is 23.0. The standard InChI is InChI=1S/C20H20N4O2/c1-14-9-10-18(26-3)16(11-14)23-20(25)17-12-22-19(13-21-17)24(2)15-7-5-4-6-8-15/h4-13H,1-3H3,(H,23,25). The molecule has 0 aliphatic heterocycles. The van der Waals surface area contributed by atoms with Gasteiger partial charge in [-0.15, -0.1) is 0 Å². The number of rotatable bonds is 5. The minimum atomic E-state index is -0.338. The lowest BCUT2D eigenvalue weighted by atomic mass is 10.2. The molecule has 3 rings (SSSR count). The van der Waals surface area contributed by atoms with Gasteiger partial charge in [0, 0.05) is 12.7 Å². The van der Waals surface area contributed by atoms with E-state index in [1.807, 2.05) is 67.4 Å². The fraction of sp³-hybridized carbons (Fsp3) is 0.150. The topological polar surface area (TPSA) is 67.3 Å². The number of para-hydroxylation sites is 1. The average Bonchev–Trinajstić information content (AvgIpc) is 2.68. The third kappa shape index (κ3) is 3.80. The Bertz CT molecular complexity index is 895. The van der Waals surface area contributed by atoms with Crippen molar-refractivity contribution >= 4 is 23.1 Å². The van der Waals surface area contributed by atoms with E-state index < -0.39 is 0 Å². The summed E-state index contributed by atoms with van der Waals surface area (Å²) in [5.41, 5.74) is 2.85. The van der Waals surface area contributed by atoms with Gasteiger partial charge in [0.1, 0.15) is 11.4 Å². The van der Waals surface area contributed by atoms with Crippen molar-refractivity contribution in [3.8, 4) is 5.75 Å². The van der Waals surface area contributed by atoms with Crippen LogP contribution in [0.25, 0.3) is 0 Å². The Morgan fingerprint density at radius 1 is 1.08 bits per heavy atom. The SMILES string of the molecule is COc1ccc(C)cc1NC(=O)c1cnc(N(C)c2ccccc2)cn1. The van der Waals surface area contributed by atoms with Crippen molar-refractivity contribution in [1.29, 1.82) is 0 Å². The smallest absolute Gasteiger partial charge is 0.275 e. The molecule has 0 aliphatic carbocycles. The first-order valence-electron chi connectivity index (χ1n) is 8.15. The summed E-state index contributed by atoms with van der Waals surface area (Å²) in [6.45, 7) is 1.95. The number of methoxy groups -OCH3 is 1. The molecule has 132 valence electrons. The molecule has 0 fully saturated rings. The highest BCUT2D eigenvalue weighted by atomic mass is 16.5. The second kappa shape index (κ2) is 7.65. The zero-order valence-electron chi connectivity index (χ0n) is 14.9. The van der Waals surface area contributed by atoms with Gasteiger partial charge in [-0.05, 0) is 36.8 Å². The molecule has 0 spiro atoms. The highest BCUT2D eigenvalue weighted by Crippen LogP contribution is 2.26. The third-order valence-electron chi connectivity index (χ3n) is 3.96. The van der Waals surface area contributed by atoms with Gasteiger partial charge in [-0.1, -0.05) is 24.3 Å². The highest BCUT2D eigenvalue weighted by molar-refractivity contribution is 6.03. The molecule has 6 nitrogen and oxygen atoms in total. The zero-order chi connectivity index (χ0) is 18.5. The van der Waals surface area contributed by atoms with Gasteiger partial charge in [0.2, 0.25) is 0 Å². The van der Waals surface area contributed by atoms with E-state index in [0.717, 1.165) is 11.3 Å². The highest BCUT2D eigenvalue weighted by Gasteiger charge is 2.13. The molecule has 3 aromatic rings. The fourth-order valence-electron chi connectivity index (χ4n) is 2.50. The summed E-state index contributed by atoms with van der Waals surface area (Å²) in [6.07, 6.45) is 3.04. The van der Waals surface area contributed by atoms with E-state index in [1.54, 1.807) is 13.3 Å². The second-order valence-electron chi connectivity index (χ2n) is 5.81. The van der Waals surface area contributed by atoms with Gasteiger partial charge in [0.25, 0.3) is 5.91 Å². The largest absolute Gasteiger partial charge is 0.495 e. The van der Waals surface area contributed by atoms with Gasteiger partial charge < -0.3 is 15.0 Å². The number of amides is 1. The Labute approximate surface area is 152 Å². The summed E-state index contributed by atoms with van der Waals surface area (Å²) in [5, 5.41) is 2.82. The Hall–Kier alpha value is -3.41. The molecule has 1 aromatic heterocycles. The molecule has 0 unspecified atom stereocenters. The maximum Gasteiger partial charge on any atom is 0.275 e. The van der Waals surface area contributed by atoms with Gasteiger partial charge in [-0.2, -0.15) is 0 Å². The van der Waals surface area contributed by atoms with Crippen LogP contribution in [0.1, 0.15) is 16.1 Å². The molecule has 0 saturated carbocycles. The number of aryl methyl sites for hydroxylation is 1. The number of hydrogen-bond donors (Lipinski definition) is 1. The van der Waals surface area contributed by atoms with Crippen molar-refractivity contribution in [2.24, 2.45) is 0 Å². The predicted octanol–water partition coefficient (Wildman–Crippen LogP) is 3.81. The third-order valence-corrected chi connectivity index (χ3v) is 3.96. The number of carbonyl (C=O) groups is 1. The molecule has 6 heteroatoms. The van der Waals surface area contributed by atoms with Crippen LogP contribution >= 0.6 is 0 Å². The number of carbonyl (C=O) groups excluding carboxylic acids is 1. The van der Waals surface area contributed by atoms with Gasteiger partial charge in [-0.25, -0.2) is 9.97 Å². The van der Waals surface area contributed by atoms with E-state index >= 15 is 0 Å². The molecule has 0 bridgehead atoms. The van der Waals surface area contributed by atoms with Crippen molar-refractivity contribution in [3.63, 3.8) is 0 Å². The minimum Gasteiger partial charge on any atom is -0.495 e. The van der Waals surface area contributed by atoms with Crippen LogP contribution < -0.4 is 15.0 Å². The summed E-state index contributed by atoms with van der Waals surface area (Å²) in [5.74, 6) is 0.911. The number of nitrogens with one attached hydrogen (secondary N) is 1. The molecule has 0 radical (unpaired) electrons. The van der Waals surface area contributed by atoms with Crippen molar-refractivity contribution in [2.75, 3.05) is 24.4 Å². The van der Waals surface area contributed by atoms with Crippen molar-refractivity contribution in [2.45, 2.75) is 6.92 Å². The lowest BCUT2D eigenvalue weighted by Crippen LogP contribution is -2.16. The predicted molar refractivity (Wildman–Crippen MR) is 102 cm³/mol. The van der Waals surface area contributed by atoms with Gasteiger partial charge in [0.15, 0.2) is 5.82 Å². The first kappa shape index (κ1) is 17.4. The maximum atomic E-state index is 12.5. The minimum absolute atomic E-state index is 0.235. The molecule has 1 amide bonds. The molecule has 2 aromatic carbocycles. The summed E-state index contributed by atoms with van der Waals surface area (Å²) in [6, 6.07) is 15.4. The van der Waals surface area contributed by atoms with E-state index in [2.05, 4.69) is 15.3 Å². The molecule has 26 heavy (non-hydrogen) atoms. The Morgan fingerprint density at radius 3 is 2.50 bits per heavy atom. The Kier molecular flexibility index (Phi) is 5.12. The number of benzene rings is 2. The van der Waals surface area contributed by atoms with E-state index in [1.165, 1.54) is 6.20 Å². The van der Waals surface area contributed by atoms with E-state index in [0.29, 0.717) is 17.3 Å². The maximum absolute atomic E-state index is 12.5. The average molecular weight is 348 g/mol. The summed E-state index contributed by atoms with van der Waals surface area (Å²) >= 11 is 0. The van der Waals surface area contributed by atoms with Crippen LogP contribution in [-0.4, -0.2) is 30.0 Å². The second-order valence-corrected chi connectivity index (χ2v) is 5.81. The molecule has 0 atom stereocenters.